The maximum atomic E-state index is 11.1. The van der Waals surface area contributed by atoms with Gasteiger partial charge in [-0.2, -0.15) is 0 Å². The lowest BCUT2D eigenvalue weighted by atomic mass is 10.1. The van der Waals surface area contributed by atoms with E-state index in [9.17, 15) is 4.79 Å². The molecular weight excluding hydrogens is 335 g/mol. The molecule has 1 unspecified atom stereocenters. The van der Waals surface area contributed by atoms with Crippen molar-refractivity contribution in [2.45, 2.75) is 10.3 Å². The molecule has 1 aliphatic carbocycles. The SMILES string of the molecule is NC(=O)c1cc(C2=CC(I)CC=C2)sc1N. The first-order valence-corrected chi connectivity index (χ1v) is 6.86. The van der Waals surface area contributed by atoms with Crippen molar-refractivity contribution in [2.75, 3.05) is 5.73 Å². The minimum absolute atomic E-state index is 0.421. The summed E-state index contributed by atoms with van der Waals surface area (Å²) in [5, 5.41) is 0.493. The molecule has 5 heteroatoms. The Kier molecular flexibility index (Phi) is 3.34. The fourth-order valence-electron chi connectivity index (χ4n) is 1.55. The third kappa shape index (κ3) is 2.30. The molecule has 0 aliphatic heterocycles. The Hall–Kier alpha value is -0.820. The second-order valence-electron chi connectivity index (χ2n) is 3.53. The minimum atomic E-state index is -0.466. The number of nitrogen functional groups attached to an aromatic ring is 1. The number of carbonyl (C=O) groups excluding carboxylic acids is 1. The third-order valence-corrected chi connectivity index (χ3v) is 4.21. The van der Waals surface area contributed by atoms with Crippen LogP contribution in [0.3, 0.4) is 0 Å². The number of allylic oxidation sites excluding steroid dienone is 4. The fraction of sp³-hybridized carbons (Fsp3) is 0.182. The zero-order chi connectivity index (χ0) is 11.7. The van der Waals surface area contributed by atoms with Gasteiger partial charge in [0.05, 0.1) is 10.6 Å². The molecule has 1 atom stereocenters. The predicted molar refractivity (Wildman–Crippen MR) is 76.8 cm³/mol. The van der Waals surface area contributed by atoms with Crippen LogP contribution in [0.5, 0.6) is 0 Å². The lowest BCUT2D eigenvalue weighted by Crippen LogP contribution is -2.11. The topological polar surface area (TPSA) is 69.1 Å². The maximum Gasteiger partial charge on any atom is 0.251 e. The van der Waals surface area contributed by atoms with E-state index in [1.807, 2.05) is 0 Å². The summed E-state index contributed by atoms with van der Waals surface area (Å²) >= 11 is 3.79. The van der Waals surface area contributed by atoms with Gasteiger partial charge in [0.2, 0.25) is 0 Å². The van der Waals surface area contributed by atoms with E-state index < -0.39 is 5.91 Å². The Morgan fingerprint density at radius 3 is 2.88 bits per heavy atom. The van der Waals surface area contributed by atoms with Crippen LogP contribution in [0, 0.1) is 0 Å². The number of carbonyl (C=O) groups is 1. The largest absolute Gasteiger partial charge is 0.390 e. The monoisotopic (exact) mass is 346 g/mol. The summed E-state index contributed by atoms with van der Waals surface area (Å²) in [5.74, 6) is -0.466. The second-order valence-corrected chi connectivity index (χ2v) is 6.21. The summed E-state index contributed by atoms with van der Waals surface area (Å²) in [5.41, 5.74) is 12.5. The van der Waals surface area contributed by atoms with E-state index in [4.69, 9.17) is 11.5 Å². The highest BCUT2D eigenvalue weighted by Gasteiger charge is 2.14. The van der Waals surface area contributed by atoms with Crippen LogP contribution in [0.1, 0.15) is 21.7 Å². The number of thiophene rings is 1. The van der Waals surface area contributed by atoms with Crippen molar-refractivity contribution in [1.82, 2.24) is 0 Å². The van der Waals surface area contributed by atoms with E-state index in [-0.39, 0.29) is 0 Å². The number of anilines is 1. The summed E-state index contributed by atoms with van der Waals surface area (Å²) in [4.78, 5) is 12.1. The molecule has 0 radical (unpaired) electrons. The number of primary amides is 1. The molecule has 3 nitrogen and oxygen atoms in total. The number of nitrogens with two attached hydrogens (primary N) is 2. The zero-order valence-corrected chi connectivity index (χ0v) is 11.4. The molecule has 1 aromatic rings. The van der Waals surface area contributed by atoms with Gasteiger partial charge in [-0.25, -0.2) is 0 Å². The second kappa shape index (κ2) is 4.58. The smallest absolute Gasteiger partial charge is 0.251 e. The van der Waals surface area contributed by atoms with Crippen molar-refractivity contribution in [3.63, 3.8) is 0 Å². The number of hydrogen-bond donors (Lipinski definition) is 2. The average Bonchev–Trinajstić information content (AvgIpc) is 2.60. The van der Waals surface area contributed by atoms with E-state index in [0.717, 1.165) is 16.9 Å². The number of halogens is 1. The van der Waals surface area contributed by atoms with Gasteiger partial charge < -0.3 is 11.5 Å². The van der Waals surface area contributed by atoms with Crippen molar-refractivity contribution in [3.8, 4) is 0 Å². The molecule has 0 saturated carbocycles. The maximum absolute atomic E-state index is 11.1. The van der Waals surface area contributed by atoms with E-state index in [2.05, 4.69) is 40.8 Å². The quantitative estimate of drug-likeness (QED) is 0.638. The number of hydrogen-bond acceptors (Lipinski definition) is 3. The number of amides is 1. The lowest BCUT2D eigenvalue weighted by Gasteiger charge is -2.09. The molecule has 0 aromatic carbocycles. The Labute approximate surface area is 111 Å². The normalized spacial score (nSPS) is 19.6. The molecular formula is C11H11IN2OS. The van der Waals surface area contributed by atoms with Crippen molar-refractivity contribution in [2.24, 2.45) is 5.73 Å². The van der Waals surface area contributed by atoms with E-state index >= 15 is 0 Å². The van der Waals surface area contributed by atoms with Gasteiger partial charge >= 0.3 is 0 Å². The van der Waals surface area contributed by atoms with E-state index in [0.29, 0.717) is 14.5 Å². The molecule has 1 aliphatic rings. The third-order valence-electron chi connectivity index (χ3n) is 2.33. The molecule has 0 saturated heterocycles. The molecule has 0 bridgehead atoms. The highest BCUT2D eigenvalue weighted by Crippen LogP contribution is 2.33. The summed E-state index contributed by atoms with van der Waals surface area (Å²) in [6, 6.07) is 1.77. The van der Waals surface area contributed by atoms with Gasteiger partial charge in [0.15, 0.2) is 0 Å². The molecule has 84 valence electrons. The van der Waals surface area contributed by atoms with Gasteiger partial charge in [0, 0.05) is 8.80 Å². The number of rotatable bonds is 2. The Morgan fingerprint density at radius 2 is 2.31 bits per heavy atom. The van der Waals surface area contributed by atoms with Crippen molar-refractivity contribution >= 4 is 50.4 Å². The van der Waals surface area contributed by atoms with Crippen LogP contribution in [0.2, 0.25) is 0 Å². The molecule has 1 aromatic heterocycles. The molecule has 0 spiro atoms. The summed E-state index contributed by atoms with van der Waals surface area (Å²) < 4.78 is 0.498. The fourth-order valence-corrected chi connectivity index (χ4v) is 3.17. The predicted octanol–water partition coefficient (Wildman–Crippen LogP) is 2.58. The van der Waals surface area contributed by atoms with Crippen molar-refractivity contribution < 1.29 is 4.79 Å². The molecule has 16 heavy (non-hydrogen) atoms. The first-order valence-electron chi connectivity index (χ1n) is 4.80. The summed E-state index contributed by atoms with van der Waals surface area (Å²) in [7, 11) is 0. The molecule has 2 rings (SSSR count). The van der Waals surface area contributed by atoms with Crippen LogP contribution in [-0.4, -0.2) is 9.83 Å². The van der Waals surface area contributed by atoms with Crippen LogP contribution in [0.25, 0.3) is 5.57 Å². The zero-order valence-electron chi connectivity index (χ0n) is 8.44. The van der Waals surface area contributed by atoms with E-state index in [1.165, 1.54) is 11.3 Å². The van der Waals surface area contributed by atoms with Crippen LogP contribution >= 0.6 is 33.9 Å². The first kappa shape index (κ1) is 11.7. The molecule has 1 amide bonds. The molecule has 4 N–H and O–H groups in total. The Balaban J connectivity index is 2.38. The number of alkyl halides is 1. The van der Waals surface area contributed by atoms with Crippen LogP contribution in [-0.2, 0) is 0 Å². The van der Waals surface area contributed by atoms with Crippen LogP contribution in [0.4, 0.5) is 5.00 Å². The summed E-state index contributed by atoms with van der Waals surface area (Å²) in [6.07, 6.45) is 7.42. The van der Waals surface area contributed by atoms with Crippen molar-refractivity contribution in [3.05, 3.63) is 34.7 Å². The lowest BCUT2D eigenvalue weighted by molar-refractivity contribution is 0.100. The van der Waals surface area contributed by atoms with Gasteiger partial charge in [-0.1, -0.05) is 40.8 Å². The van der Waals surface area contributed by atoms with E-state index in [1.54, 1.807) is 6.07 Å². The highest BCUT2D eigenvalue weighted by atomic mass is 127. The van der Waals surface area contributed by atoms with Gasteiger partial charge in [-0.05, 0) is 18.1 Å². The Morgan fingerprint density at radius 1 is 1.56 bits per heavy atom. The Bertz CT molecular complexity index is 490. The van der Waals surface area contributed by atoms with Gasteiger partial charge in [0.1, 0.15) is 0 Å². The first-order chi connectivity index (χ1) is 7.58. The minimum Gasteiger partial charge on any atom is -0.390 e. The van der Waals surface area contributed by atoms with Crippen molar-refractivity contribution in [1.29, 1.82) is 0 Å². The molecule has 0 fully saturated rings. The standard InChI is InChI=1S/C11H11IN2OS/c12-7-3-1-2-6(4-7)9-5-8(10(13)15)11(14)16-9/h1-2,4-5,7H,3,14H2,(H2,13,15). The van der Waals surface area contributed by atoms with Crippen LogP contribution < -0.4 is 11.5 Å². The average molecular weight is 346 g/mol. The van der Waals surface area contributed by atoms with Gasteiger partial charge in [-0.3, -0.25) is 4.79 Å². The summed E-state index contributed by atoms with van der Waals surface area (Å²) in [6.45, 7) is 0. The highest BCUT2D eigenvalue weighted by molar-refractivity contribution is 14.1. The van der Waals surface area contributed by atoms with Crippen LogP contribution in [0.15, 0.2) is 24.3 Å². The van der Waals surface area contributed by atoms with Gasteiger partial charge in [0.25, 0.3) is 5.91 Å². The van der Waals surface area contributed by atoms with Gasteiger partial charge in [-0.15, -0.1) is 11.3 Å². The molecule has 1 heterocycles.